The summed E-state index contributed by atoms with van der Waals surface area (Å²) in [4.78, 5) is 14.3. The van der Waals surface area contributed by atoms with Gasteiger partial charge in [-0.3, -0.25) is 4.79 Å². The fourth-order valence-corrected chi connectivity index (χ4v) is 3.15. The maximum Gasteiger partial charge on any atom is 0.222 e. The van der Waals surface area contributed by atoms with Crippen molar-refractivity contribution in [1.82, 2.24) is 10.2 Å². The molecule has 0 aromatic carbocycles. The number of hydrogen-bond donors (Lipinski definition) is 1. The average Bonchev–Trinajstić information content (AvgIpc) is 2.37. The van der Waals surface area contributed by atoms with E-state index in [1.54, 1.807) is 0 Å². The van der Waals surface area contributed by atoms with E-state index in [0.717, 1.165) is 44.9 Å². The lowest BCUT2D eigenvalue weighted by molar-refractivity contribution is -0.131. The van der Waals surface area contributed by atoms with Crippen molar-refractivity contribution in [2.75, 3.05) is 26.2 Å². The molecule has 0 bridgehead atoms. The molecule has 0 saturated carbocycles. The first kappa shape index (κ1) is 13.9. The van der Waals surface area contributed by atoms with Gasteiger partial charge >= 0.3 is 0 Å². The number of amides is 1. The molecular formula is C15H28N2O. The number of nitrogens with zero attached hydrogens (tertiary/aromatic N) is 1. The predicted octanol–water partition coefficient (Wildman–Crippen LogP) is 2.56. The minimum absolute atomic E-state index is 0.405. The van der Waals surface area contributed by atoms with Crippen LogP contribution in [0.5, 0.6) is 0 Å². The number of rotatable bonds is 3. The Hall–Kier alpha value is -0.570. The molecule has 1 N–H and O–H groups in total. The summed E-state index contributed by atoms with van der Waals surface area (Å²) in [5.74, 6) is 1.14. The molecule has 1 atom stereocenters. The van der Waals surface area contributed by atoms with E-state index in [0.29, 0.717) is 5.91 Å². The Balaban J connectivity index is 1.68. The first-order valence-electron chi connectivity index (χ1n) is 7.85. The number of nitrogens with one attached hydrogen (secondary N) is 1. The fourth-order valence-electron chi connectivity index (χ4n) is 3.15. The lowest BCUT2D eigenvalue weighted by atomic mass is 9.94. The Morgan fingerprint density at radius 3 is 2.44 bits per heavy atom. The highest BCUT2D eigenvalue weighted by Crippen LogP contribution is 2.18. The van der Waals surface area contributed by atoms with Crippen molar-refractivity contribution < 1.29 is 4.79 Å². The summed E-state index contributed by atoms with van der Waals surface area (Å²) in [6.45, 7) is 4.29. The zero-order valence-corrected chi connectivity index (χ0v) is 11.6. The molecule has 2 heterocycles. The van der Waals surface area contributed by atoms with Crippen LogP contribution < -0.4 is 5.32 Å². The van der Waals surface area contributed by atoms with E-state index in [1.807, 2.05) is 0 Å². The van der Waals surface area contributed by atoms with Crippen LogP contribution in [0.25, 0.3) is 0 Å². The van der Waals surface area contributed by atoms with Crippen LogP contribution in [-0.4, -0.2) is 37.0 Å². The summed E-state index contributed by atoms with van der Waals surface area (Å²) in [6.07, 6.45) is 10.8. The van der Waals surface area contributed by atoms with Gasteiger partial charge in [-0.2, -0.15) is 0 Å². The highest BCUT2D eigenvalue weighted by Gasteiger charge is 2.18. The van der Waals surface area contributed by atoms with E-state index in [-0.39, 0.29) is 0 Å². The smallest absolute Gasteiger partial charge is 0.222 e. The molecular weight excluding hydrogens is 224 g/mol. The Labute approximate surface area is 111 Å². The standard InChI is InChI=1S/C15H28N2O/c18-15(9-8-14-7-6-10-16-13-14)17-11-4-2-1-3-5-12-17/h14,16H,1-13H2. The van der Waals surface area contributed by atoms with E-state index in [4.69, 9.17) is 0 Å². The number of piperidine rings is 1. The molecule has 2 fully saturated rings. The van der Waals surface area contributed by atoms with Gasteiger partial charge < -0.3 is 10.2 Å². The molecule has 1 amide bonds. The first-order valence-corrected chi connectivity index (χ1v) is 7.85. The monoisotopic (exact) mass is 252 g/mol. The van der Waals surface area contributed by atoms with Gasteiger partial charge in [0.15, 0.2) is 0 Å². The zero-order chi connectivity index (χ0) is 12.6. The fraction of sp³-hybridized carbons (Fsp3) is 0.933. The van der Waals surface area contributed by atoms with Crippen molar-refractivity contribution in [1.29, 1.82) is 0 Å². The molecule has 3 heteroatoms. The van der Waals surface area contributed by atoms with Gasteiger partial charge in [0.1, 0.15) is 0 Å². The number of hydrogen-bond acceptors (Lipinski definition) is 2. The molecule has 18 heavy (non-hydrogen) atoms. The van der Waals surface area contributed by atoms with Crippen LogP contribution in [0.1, 0.15) is 57.8 Å². The topological polar surface area (TPSA) is 32.3 Å². The molecule has 2 saturated heterocycles. The van der Waals surface area contributed by atoms with Gasteiger partial charge in [0.2, 0.25) is 5.91 Å². The summed E-state index contributed by atoms with van der Waals surface area (Å²) in [6, 6.07) is 0. The van der Waals surface area contributed by atoms with Crippen LogP contribution in [0.15, 0.2) is 0 Å². The Bertz CT molecular complexity index is 241. The van der Waals surface area contributed by atoms with Gasteiger partial charge in [-0.1, -0.05) is 19.3 Å². The summed E-state index contributed by atoms with van der Waals surface area (Å²) >= 11 is 0. The normalized spacial score (nSPS) is 26.4. The third-order valence-corrected chi connectivity index (χ3v) is 4.37. The first-order chi connectivity index (χ1) is 8.86. The maximum atomic E-state index is 12.2. The molecule has 1 unspecified atom stereocenters. The molecule has 104 valence electrons. The van der Waals surface area contributed by atoms with Gasteiger partial charge in [-0.15, -0.1) is 0 Å². The largest absolute Gasteiger partial charge is 0.343 e. The molecule has 3 nitrogen and oxygen atoms in total. The summed E-state index contributed by atoms with van der Waals surface area (Å²) < 4.78 is 0. The third kappa shape index (κ3) is 4.60. The van der Waals surface area contributed by atoms with Crippen molar-refractivity contribution in [2.45, 2.75) is 57.8 Å². The van der Waals surface area contributed by atoms with Gasteiger partial charge in [-0.25, -0.2) is 0 Å². The summed E-state index contributed by atoms with van der Waals surface area (Å²) in [7, 11) is 0. The quantitative estimate of drug-likeness (QED) is 0.837. The molecule has 0 aromatic heterocycles. The van der Waals surface area contributed by atoms with Crippen molar-refractivity contribution >= 4 is 5.91 Å². The Morgan fingerprint density at radius 2 is 1.78 bits per heavy atom. The van der Waals surface area contributed by atoms with E-state index in [1.165, 1.54) is 44.9 Å². The lowest BCUT2D eigenvalue weighted by Crippen LogP contribution is -2.35. The molecule has 2 rings (SSSR count). The van der Waals surface area contributed by atoms with E-state index < -0.39 is 0 Å². The molecule has 0 spiro atoms. The third-order valence-electron chi connectivity index (χ3n) is 4.37. The average molecular weight is 252 g/mol. The van der Waals surface area contributed by atoms with Crippen LogP contribution in [-0.2, 0) is 4.79 Å². The predicted molar refractivity (Wildman–Crippen MR) is 74.5 cm³/mol. The number of carbonyl (C=O) groups excluding carboxylic acids is 1. The van der Waals surface area contributed by atoms with Gasteiger partial charge in [-0.05, 0) is 51.1 Å². The van der Waals surface area contributed by atoms with Crippen LogP contribution in [0, 0.1) is 5.92 Å². The second-order valence-electron chi connectivity index (χ2n) is 5.90. The van der Waals surface area contributed by atoms with Crippen molar-refractivity contribution in [3.8, 4) is 0 Å². The number of carbonyl (C=O) groups is 1. The van der Waals surface area contributed by atoms with Crippen LogP contribution in [0.4, 0.5) is 0 Å². The molecule has 0 aliphatic carbocycles. The maximum absolute atomic E-state index is 12.2. The second-order valence-corrected chi connectivity index (χ2v) is 5.90. The van der Waals surface area contributed by atoms with Gasteiger partial charge in [0.05, 0.1) is 0 Å². The van der Waals surface area contributed by atoms with Crippen LogP contribution >= 0.6 is 0 Å². The summed E-state index contributed by atoms with van der Waals surface area (Å²) in [5.41, 5.74) is 0. The highest BCUT2D eigenvalue weighted by molar-refractivity contribution is 5.76. The van der Waals surface area contributed by atoms with Crippen LogP contribution in [0.2, 0.25) is 0 Å². The second kappa shape index (κ2) is 7.78. The number of likely N-dealkylation sites (tertiary alicyclic amines) is 1. The Morgan fingerprint density at radius 1 is 1.06 bits per heavy atom. The van der Waals surface area contributed by atoms with Gasteiger partial charge in [0.25, 0.3) is 0 Å². The molecule has 2 aliphatic heterocycles. The van der Waals surface area contributed by atoms with E-state index >= 15 is 0 Å². The highest BCUT2D eigenvalue weighted by atomic mass is 16.2. The van der Waals surface area contributed by atoms with E-state index in [9.17, 15) is 4.79 Å². The zero-order valence-electron chi connectivity index (χ0n) is 11.6. The molecule has 0 aromatic rings. The summed E-state index contributed by atoms with van der Waals surface area (Å²) in [5, 5.41) is 3.43. The van der Waals surface area contributed by atoms with Crippen molar-refractivity contribution in [3.63, 3.8) is 0 Å². The minimum Gasteiger partial charge on any atom is -0.343 e. The lowest BCUT2D eigenvalue weighted by Gasteiger charge is -2.27. The molecule has 2 aliphatic rings. The molecule has 0 radical (unpaired) electrons. The minimum atomic E-state index is 0.405. The van der Waals surface area contributed by atoms with Crippen molar-refractivity contribution in [3.05, 3.63) is 0 Å². The Kier molecular flexibility index (Phi) is 5.98. The SMILES string of the molecule is O=C(CCC1CCCNC1)N1CCCCCCC1. The van der Waals surface area contributed by atoms with Crippen LogP contribution in [0.3, 0.4) is 0 Å². The van der Waals surface area contributed by atoms with E-state index in [2.05, 4.69) is 10.2 Å². The van der Waals surface area contributed by atoms with Crippen molar-refractivity contribution in [2.24, 2.45) is 5.92 Å². The van der Waals surface area contributed by atoms with Gasteiger partial charge in [0, 0.05) is 19.5 Å².